The van der Waals surface area contributed by atoms with E-state index in [0.717, 1.165) is 4.88 Å². The van der Waals surface area contributed by atoms with Crippen molar-refractivity contribution < 1.29 is 4.79 Å². The van der Waals surface area contributed by atoms with Crippen LogP contribution >= 0.6 is 11.3 Å². The van der Waals surface area contributed by atoms with Crippen molar-refractivity contribution in [2.24, 2.45) is 5.10 Å². The van der Waals surface area contributed by atoms with Crippen LogP contribution in [0.15, 0.2) is 72.1 Å². The highest BCUT2D eigenvalue weighted by molar-refractivity contribution is 7.17. The number of pyridine rings is 1. The Kier molecular flexibility index (Phi) is 4.36. The van der Waals surface area contributed by atoms with Crippen LogP contribution in [0.5, 0.6) is 0 Å². The number of hydrogen-bond acceptors (Lipinski definition) is 4. The number of hydrogen-bond donors (Lipinski definition) is 1. The molecular weight excluding hydrogens is 294 g/mol. The lowest BCUT2D eigenvalue weighted by molar-refractivity contribution is 0.0955. The summed E-state index contributed by atoms with van der Waals surface area (Å²) in [7, 11) is 0. The van der Waals surface area contributed by atoms with Gasteiger partial charge in [-0.15, -0.1) is 11.3 Å². The fraction of sp³-hybridized carbons (Fsp3) is 0. The van der Waals surface area contributed by atoms with E-state index in [0.29, 0.717) is 5.56 Å². The summed E-state index contributed by atoms with van der Waals surface area (Å²) in [6, 6.07) is 17.5. The van der Waals surface area contributed by atoms with E-state index < -0.39 is 0 Å². The molecule has 0 aliphatic carbocycles. The number of nitrogens with zero attached hydrogens (tertiary/aromatic N) is 2. The van der Waals surface area contributed by atoms with Crippen molar-refractivity contribution in [1.29, 1.82) is 0 Å². The zero-order valence-corrected chi connectivity index (χ0v) is 12.5. The first-order valence-corrected chi connectivity index (χ1v) is 7.53. The van der Waals surface area contributed by atoms with Gasteiger partial charge in [-0.25, -0.2) is 5.43 Å². The predicted octanol–water partition coefficient (Wildman–Crippen LogP) is 3.57. The van der Waals surface area contributed by atoms with Crippen LogP contribution in [-0.2, 0) is 0 Å². The topological polar surface area (TPSA) is 54.4 Å². The number of carbonyl (C=O) groups is 1. The van der Waals surface area contributed by atoms with Crippen molar-refractivity contribution in [1.82, 2.24) is 10.4 Å². The van der Waals surface area contributed by atoms with E-state index in [9.17, 15) is 4.79 Å². The molecule has 22 heavy (non-hydrogen) atoms. The summed E-state index contributed by atoms with van der Waals surface area (Å²) in [5.41, 5.74) is 4.21. The minimum Gasteiger partial charge on any atom is -0.267 e. The van der Waals surface area contributed by atoms with Crippen molar-refractivity contribution >= 4 is 23.5 Å². The molecule has 1 amide bonds. The molecule has 0 saturated carbocycles. The van der Waals surface area contributed by atoms with Crippen molar-refractivity contribution in [3.8, 4) is 10.4 Å². The van der Waals surface area contributed by atoms with Gasteiger partial charge in [-0.05, 0) is 29.8 Å². The number of aromatic nitrogens is 1. The number of rotatable bonds is 4. The molecule has 0 radical (unpaired) electrons. The Morgan fingerprint density at radius 2 is 1.82 bits per heavy atom. The van der Waals surface area contributed by atoms with Gasteiger partial charge in [0.1, 0.15) is 0 Å². The molecule has 0 aliphatic heterocycles. The van der Waals surface area contributed by atoms with E-state index >= 15 is 0 Å². The number of hydrazone groups is 1. The highest BCUT2D eigenvalue weighted by Crippen LogP contribution is 2.26. The molecule has 0 spiro atoms. The van der Waals surface area contributed by atoms with Gasteiger partial charge >= 0.3 is 0 Å². The third-order valence-electron chi connectivity index (χ3n) is 2.99. The summed E-state index contributed by atoms with van der Waals surface area (Å²) in [5.74, 6) is -0.251. The van der Waals surface area contributed by atoms with Crippen LogP contribution in [-0.4, -0.2) is 17.1 Å². The second-order valence-electron chi connectivity index (χ2n) is 4.50. The lowest BCUT2D eigenvalue weighted by atomic mass is 10.2. The standard InChI is InChI=1S/C17H13N3OS/c21-17(14-8-10-18-11-9-14)20-19-12-15-6-7-16(22-15)13-4-2-1-3-5-13/h1-12H,(H,20,21)/b19-12-. The fourth-order valence-corrected chi connectivity index (χ4v) is 2.79. The molecular formula is C17H13N3OS. The summed E-state index contributed by atoms with van der Waals surface area (Å²) >= 11 is 1.62. The lowest BCUT2D eigenvalue weighted by Gasteiger charge is -1.97. The molecule has 1 N–H and O–H groups in total. The Labute approximate surface area is 132 Å². The van der Waals surface area contributed by atoms with Crippen LogP contribution in [0.4, 0.5) is 0 Å². The average Bonchev–Trinajstić information content (AvgIpc) is 3.05. The Hall–Kier alpha value is -2.79. The maximum absolute atomic E-state index is 11.8. The summed E-state index contributed by atoms with van der Waals surface area (Å²) < 4.78 is 0. The fourth-order valence-electron chi connectivity index (χ4n) is 1.90. The normalized spacial score (nSPS) is 10.7. The Morgan fingerprint density at radius 1 is 1.05 bits per heavy atom. The van der Waals surface area contributed by atoms with Crippen LogP contribution in [0.1, 0.15) is 15.2 Å². The summed E-state index contributed by atoms with van der Waals surface area (Å²) in [6.07, 6.45) is 4.80. The van der Waals surface area contributed by atoms with E-state index in [2.05, 4.69) is 27.6 Å². The zero-order valence-electron chi connectivity index (χ0n) is 11.6. The molecule has 5 heteroatoms. The van der Waals surface area contributed by atoms with Crippen molar-refractivity contribution in [3.05, 3.63) is 77.4 Å². The molecule has 0 fully saturated rings. The molecule has 3 aromatic rings. The molecule has 1 aromatic carbocycles. The molecule has 2 heterocycles. The third kappa shape index (κ3) is 3.45. The van der Waals surface area contributed by atoms with Crippen molar-refractivity contribution in [3.63, 3.8) is 0 Å². The molecule has 0 bridgehead atoms. The number of carbonyl (C=O) groups excluding carboxylic acids is 1. The van der Waals surface area contributed by atoms with Gasteiger partial charge in [0.15, 0.2) is 0 Å². The molecule has 2 aromatic heterocycles. The van der Waals surface area contributed by atoms with Crippen LogP contribution < -0.4 is 5.43 Å². The molecule has 0 unspecified atom stereocenters. The Balaban J connectivity index is 1.64. The quantitative estimate of drug-likeness (QED) is 0.592. The highest BCUT2D eigenvalue weighted by Gasteiger charge is 2.03. The van der Waals surface area contributed by atoms with Gasteiger partial charge in [0.25, 0.3) is 5.91 Å². The Morgan fingerprint density at radius 3 is 2.59 bits per heavy atom. The summed E-state index contributed by atoms with van der Waals surface area (Å²) in [4.78, 5) is 17.8. The first-order chi connectivity index (χ1) is 10.8. The summed E-state index contributed by atoms with van der Waals surface area (Å²) in [6.45, 7) is 0. The smallest absolute Gasteiger partial charge is 0.267 e. The Bertz CT molecular complexity index is 782. The second-order valence-corrected chi connectivity index (χ2v) is 5.62. The maximum Gasteiger partial charge on any atom is 0.271 e. The molecule has 0 aliphatic rings. The van der Waals surface area contributed by atoms with Crippen LogP contribution in [0.3, 0.4) is 0 Å². The van der Waals surface area contributed by atoms with Gasteiger partial charge in [-0.1, -0.05) is 30.3 Å². The van der Waals surface area contributed by atoms with E-state index in [1.807, 2.05) is 30.3 Å². The average molecular weight is 307 g/mol. The first-order valence-electron chi connectivity index (χ1n) is 6.71. The molecule has 0 atom stereocenters. The molecule has 108 valence electrons. The van der Waals surface area contributed by atoms with Crippen LogP contribution in [0, 0.1) is 0 Å². The van der Waals surface area contributed by atoms with Gasteiger partial charge in [0.2, 0.25) is 0 Å². The zero-order chi connectivity index (χ0) is 15.2. The number of benzene rings is 1. The third-order valence-corrected chi connectivity index (χ3v) is 4.05. The minimum absolute atomic E-state index is 0.251. The minimum atomic E-state index is -0.251. The van der Waals surface area contributed by atoms with Gasteiger partial charge in [-0.2, -0.15) is 5.10 Å². The second kappa shape index (κ2) is 6.78. The van der Waals surface area contributed by atoms with E-state index in [1.54, 1.807) is 42.1 Å². The van der Waals surface area contributed by atoms with Gasteiger partial charge in [-0.3, -0.25) is 9.78 Å². The molecule has 4 nitrogen and oxygen atoms in total. The van der Waals surface area contributed by atoms with E-state index in [4.69, 9.17) is 0 Å². The highest BCUT2D eigenvalue weighted by atomic mass is 32.1. The van der Waals surface area contributed by atoms with Gasteiger partial charge < -0.3 is 0 Å². The molecule has 3 rings (SSSR count). The number of nitrogens with one attached hydrogen (secondary N) is 1. The number of amides is 1. The van der Waals surface area contributed by atoms with Gasteiger partial charge in [0.05, 0.1) is 6.21 Å². The molecule has 0 saturated heterocycles. The van der Waals surface area contributed by atoms with Crippen molar-refractivity contribution in [2.75, 3.05) is 0 Å². The predicted molar refractivity (Wildman–Crippen MR) is 89.1 cm³/mol. The van der Waals surface area contributed by atoms with E-state index in [1.165, 1.54) is 10.4 Å². The maximum atomic E-state index is 11.8. The van der Waals surface area contributed by atoms with Gasteiger partial charge in [0, 0.05) is 27.7 Å². The number of thiophene rings is 1. The lowest BCUT2D eigenvalue weighted by Crippen LogP contribution is -2.17. The monoisotopic (exact) mass is 307 g/mol. The first kappa shape index (κ1) is 14.2. The SMILES string of the molecule is O=C(N/N=C\c1ccc(-c2ccccc2)s1)c1ccncc1. The largest absolute Gasteiger partial charge is 0.271 e. The summed E-state index contributed by atoms with van der Waals surface area (Å²) in [5, 5.41) is 3.99. The van der Waals surface area contributed by atoms with Crippen LogP contribution in [0.25, 0.3) is 10.4 Å². The van der Waals surface area contributed by atoms with Crippen molar-refractivity contribution in [2.45, 2.75) is 0 Å². The van der Waals surface area contributed by atoms with Crippen LogP contribution in [0.2, 0.25) is 0 Å². The van der Waals surface area contributed by atoms with E-state index in [-0.39, 0.29) is 5.91 Å².